The molecular formula is C25H25N3O. The third kappa shape index (κ3) is 4.23. The number of aromatic nitrogens is 2. The van der Waals surface area contributed by atoms with Crippen LogP contribution in [0.15, 0.2) is 85.2 Å². The number of rotatable bonds is 7. The lowest BCUT2D eigenvalue weighted by Crippen LogP contribution is -2.14. The monoisotopic (exact) mass is 383 g/mol. The molecule has 1 aromatic heterocycles. The van der Waals surface area contributed by atoms with Crippen molar-refractivity contribution in [3.05, 3.63) is 102 Å². The largest absolute Gasteiger partial charge is 0.496 e. The second-order valence-corrected chi connectivity index (χ2v) is 6.98. The minimum absolute atomic E-state index is 0.784. The first-order valence-electron chi connectivity index (χ1n) is 9.77. The van der Waals surface area contributed by atoms with E-state index in [1.807, 2.05) is 37.5 Å². The molecule has 0 spiro atoms. The van der Waals surface area contributed by atoms with E-state index in [9.17, 15) is 0 Å². The molecular weight excluding hydrogens is 358 g/mol. The number of para-hydroxylation sites is 2. The molecule has 4 rings (SSSR count). The van der Waals surface area contributed by atoms with Crippen molar-refractivity contribution in [2.24, 2.45) is 0 Å². The predicted molar refractivity (Wildman–Crippen MR) is 117 cm³/mol. The second-order valence-electron chi connectivity index (χ2n) is 6.98. The van der Waals surface area contributed by atoms with Crippen LogP contribution in [0.2, 0.25) is 0 Å². The van der Waals surface area contributed by atoms with Gasteiger partial charge in [-0.05, 0) is 41.8 Å². The first-order chi connectivity index (χ1) is 14.3. The summed E-state index contributed by atoms with van der Waals surface area (Å²) in [5.74, 6) is 1.88. The van der Waals surface area contributed by atoms with Gasteiger partial charge in [0.25, 0.3) is 0 Å². The SMILES string of the molecule is COc1ccccc1-c1cccc(CNCc2ccccc2-n2ccnc2C)c1. The van der Waals surface area contributed by atoms with E-state index in [1.54, 1.807) is 7.11 Å². The number of hydrogen-bond donors (Lipinski definition) is 1. The summed E-state index contributed by atoms with van der Waals surface area (Å²) in [5, 5.41) is 3.58. The van der Waals surface area contributed by atoms with Gasteiger partial charge in [0.2, 0.25) is 0 Å². The topological polar surface area (TPSA) is 39.1 Å². The zero-order valence-electron chi connectivity index (χ0n) is 16.8. The number of ether oxygens (including phenoxy) is 1. The molecule has 0 aliphatic heterocycles. The summed E-state index contributed by atoms with van der Waals surface area (Å²) in [4.78, 5) is 4.35. The van der Waals surface area contributed by atoms with E-state index >= 15 is 0 Å². The fourth-order valence-corrected chi connectivity index (χ4v) is 3.60. The van der Waals surface area contributed by atoms with Gasteiger partial charge in [0.1, 0.15) is 11.6 Å². The van der Waals surface area contributed by atoms with Crippen molar-refractivity contribution in [2.45, 2.75) is 20.0 Å². The Bertz CT molecular complexity index is 1100. The van der Waals surface area contributed by atoms with Gasteiger partial charge in [-0.3, -0.25) is 0 Å². The van der Waals surface area contributed by atoms with Crippen molar-refractivity contribution in [2.75, 3.05) is 7.11 Å². The summed E-state index contributed by atoms with van der Waals surface area (Å²) in [6.07, 6.45) is 3.84. The first-order valence-corrected chi connectivity index (χ1v) is 9.77. The Morgan fingerprint density at radius 1 is 0.931 bits per heavy atom. The molecule has 0 fully saturated rings. The van der Waals surface area contributed by atoms with E-state index in [2.05, 4.69) is 69.5 Å². The minimum atomic E-state index is 0.784. The molecule has 0 saturated heterocycles. The highest BCUT2D eigenvalue weighted by Crippen LogP contribution is 2.30. The third-order valence-electron chi connectivity index (χ3n) is 5.07. The van der Waals surface area contributed by atoms with Gasteiger partial charge in [0, 0.05) is 31.0 Å². The number of nitrogens with zero attached hydrogens (tertiary/aromatic N) is 2. The van der Waals surface area contributed by atoms with E-state index in [4.69, 9.17) is 4.74 Å². The van der Waals surface area contributed by atoms with Crippen molar-refractivity contribution in [1.82, 2.24) is 14.9 Å². The number of nitrogens with one attached hydrogen (secondary N) is 1. The summed E-state index contributed by atoms with van der Waals surface area (Å²) in [6.45, 7) is 3.60. The summed E-state index contributed by atoms with van der Waals surface area (Å²) >= 11 is 0. The zero-order valence-corrected chi connectivity index (χ0v) is 16.8. The van der Waals surface area contributed by atoms with Crippen LogP contribution in [0.25, 0.3) is 16.8 Å². The highest BCUT2D eigenvalue weighted by atomic mass is 16.5. The van der Waals surface area contributed by atoms with Gasteiger partial charge in [-0.1, -0.05) is 54.6 Å². The number of methoxy groups -OCH3 is 1. The maximum Gasteiger partial charge on any atom is 0.126 e. The van der Waals surface area contributed by atoms with Crippen LogP contribution in [0.5, 0.6) is 5.75 Å². The van der Waals surface area contributed by atoms with Crippen LogP contribution in [0, 0.1) is 6.92 Å². The van der Waals surface area contributed by atoms with Crippen molar-refractivity contribution < 1.29 is 4.74 Å². The summed E-state index contributed by atoms with van der Waals surface area (Å²) in [6, 6.07) is 25.1. The smallest absolute Gasteiger partial charge is 0.126 e. The molecule has 146 valence electrons. The van der Waals surface area contributed by atoms with Gasteiger partial charge in [-0.2, -0.15) is 0 Å². The molecule has 4 aromatic rings. The Morgan fingerprint density at radius 2 is 1.76 bits per heavy atom. The number of aryl methyl sites for hydroxylation is 1. The molecule has 0 aliphatic rings. The Morgan fingerprint density at radius 3 is 2.59 bits per heavy atom. The Balaban J connectivity index is 1.48. The van der Waals surface area contributed by atoms with Crippen LogP contribution in [-0.4, -0.2) is 16.7 Å². The molecule has 1 heterocycles. The minimum Gasteiger partial charge on any atom is -0.496 e. The molecule has 0 aliphatic carbocycles. The molecule has 0 unspecified atom stereocenters. The highest BCUT2D eigenvalue weighted by Gasteiger charge is 2.08. The molecule has 0 radical (unpaired) electrons. The fourth-order valence-electron chi connectivity index (χ4n) is 3.60. The summed E-state index contributed by atoms with van der Waals surface area (Å²) in [5.41, 5.74) is 5.92. The van der Waals surface area contributed by atoms with Crippen LogP contribution in [0.4, 0.5) is 0 Å². The predicted octanol–water partition coefficient (Wildman–Crippen LogP) is 5.15. The maximum absolute atomic E-state index is 5.51. The van der Waals surface area contributed by atoms with Crippen molar-refractivity contribution >= 4 is 0 Å². The molecule has 3 aromatic carbocycles. The Kier molecular flexibility index (Phi) is 5.73. The average molecular weight is 383 g/mol. The third-order valence-corrected chi connectivity index (χ3v) is 5.07. The van der Waals surface area contributed by atoms with Crippen molar-refractivity contribution in [3.63, 3.8) is 0 Å². The normalized spacial score (nSPS) is 10.8. The maximum atomic E-state index is 5.51. The van der Waals surface area contributed by atoms with Gasteiger partial charge in [-0.25, -0.2) is 4.98 Å². The van der Waals surface area contributed by atoms with E-state index in [-0.39, 0.29) is 0 Å². The highest BCUT2D eigenvalue weighted by molar-refractivity contribution is 5.70. The molecule has 4 heteroatoms. The Hall–Kier alpha value is -3.37. The first kappa shape index (κ1) is 19.0. The van der Waals surface area contributed by atoms with Gasteiger partial charge in [0.05, 0.1) is 12.8 Å². The van der Waals surface area contributed by atoms with E-state index in [0.717, 1.165) is 41.5 Å². The fraction of sp³-hybridized carbons (Fsp3) is 0.160. The number of imidazole rings is 1. The Labute approximate surface area is 171 Å². The van der Waals surface area contributed by atoms with E-state index in [0.29, 0.717) is 0 Å². The molecule has 0 amide bonds. The molecule has 0 atom stereocenters. The molecule has 29 heavy (non-hydrogen) atoms. The summed E-state index contributed by atoms with van der Waals surface area (Å²) < 4.78 is 7.64. The van der Waals surface area contributed by atoms with Crippen molar-refractivity contribution in [3.8, 4) is 22.6 Å². The molecule has 4 nitrogen and oxygen atoms in total. The van der Waals surface area contributed by atoms with Gasteiger partial charge in [0.15, 0.2) is 0 Å². The van der Waals surface area contributed by atoms with E-state index < -0.39 is 0 Å². The summed E-state index contributed by atoms with van der Waals surface area (Å²) in [7, 11) is 1.71. The van der Waals surface area contributed by atoms with Gasteiger partial charge in [-0.15, -0.1) is 0 Å². The van der Waals surface area contributed by atoms with Crippen LogP contribution in [-0.2, 0) is 13.1 Å². The molecule has 1 N–H and O–H groups in total. The van der Waals surface area contributed by atoms with Crippen LogP contribution in [0.3, 0.4) is 0 Å². The standard InChI is InChI=1S/C25H25N3O/c1-19-27-14-15-28(19)24-12-5-3-9-22(24)18-26-17-20-8-7-10-21(16-20)23-11-4-6-13-25(23)29-2/h3-16,26H,17-18H2,1-2H3. The number of hydrogen-bond acceptors (Lipinski definition) is 3. The molecule has 0 saturated carbocycles. The number of benzene rings is 3. The van der Waals surface area contributed by atoms with Crippen LogP contribution in [0.1, 0.15) is 17.0 Å². The average Bonchev–Trinajstić information content (AvgIpc) is 3.20. The lowest BCUT2D eigenvalue weighted by Gasteiger charge is -2.13. The second kappa shape index (κ2) is 8.76. The van der Waals surface area contributed by atoms with Crippen molar-refractivity contribution in [1.29, 1.82) is 0 Å². The lowest BCUT2D eigenvalue weighted by atomic mass is 10.0. The quantitative estimate of drug-likeness (QED) is 0.480. The van der Waals surface area contributed by atoms with Crippen LogP contribution >= 0.6 is 0 Å². The van der Waals surface area contributed by atoms with E-state index in [1.165, 1.54) is 11.1 Å². The molecule has 0 bridgehead atoms. The van der Waals surface area contributed by atoms with Gasteiger partial charge >= 0.3 is 0 Å². The van der Waals surface area contributed by atoms with Gasteiger partial charge < -0.3 is 14.6 Å². The lowest BCUT2D eigenvalue weighted by molar-refractivity contribution is 0.416. The zero-order chi connectivity index (χ0) is 20.1. The van der Waals surface area contributed by atoms with Crippen LogP contribution < -0.4 is 10.1 Å².